The van der Waals surface area contributed by atoms with Crippen LogP contribution in [0.25, 0.3) is 0 Å². The fourth-order valence-electron chi connectivity index (χ4n) is 2.99. The van der Waals surface area contributed by atoms with Gasteiger partial charge in [-0.1, -0.05) is 69.9 Å². The number of rotatable bonds is 4. The average molecular weight is 273 g/mol. The van der Waals surface area contributed by atoms with Gasteiger partial charge in [-0.2, -0.15) is 0 Å². The molecular formula is C18H27NO. The number of amides is 1. The molecule has 0 unspecified atom stereocenters. The van der Waals surface area contributed by atoms with Crippen molar-refractivity contribution in [1.29, 1.82) is 0 Å². The lowest BCUT2D eigenvalue weighted by Gasteiger charge is -2.27. The highest BCUT2D eigenvalue weighted by atomic mass is 16.2. The van der Waals surface area contributed by atoms with Crippen LogP contribution in [0, 0.1) is 5.41 Å². The fourth-order valence-corrected chi connectivity index (χ4v) is 2.99. The Labute approximate surface area is 123 Å². The summed E-state index contributed by atoms with van der Waals surface area (Å²) >= 11 is 0. The summed E-state index contributed by atoms with van der Waals surface area (Å²) in [6.07, 6.45) is 8.24. The smallest absolute Gasteiger partial charge is 0.226 e. The maximum Gasteiger partial charge on any atom is 0.226 e. The number of hydrogen-bond donors (Lipinski definition) is 1. The summed E-state index contributed by atoms with van der Waals surface area (Å²) in [6, 6.07) is 10.7. The van der Waals surface area contributed by atoms with Crippen LogP contribution in [0.4, 0.5) is 0 Å². The molecule has 1 fully saturated rings. The molecule has 0 aromatic heterocycles. The van der Waals surface area contributed by atoms with Crippen LogP contribution in [0.3, 0.4) is 0 Å². The standard InChI is InChI=1S/C18H27NO/c1-18(2,14-15-10-6-5-7-11-15)17(20)19-16-12-8-3-4-9-13-16/h5-7,10-11,16H,3-4,8-9,12-14H2,1-2H3,(H,19,20). The highest BCUT2D eigenvalue weighted by Gasteiger charge is 2.29. The van der Waals surface area contributed by atoms with Gasteiger partial charge in [-0.05, 0) is 24.8 Å². The van der Waals surface area contributed by atoms with E-state index in [1.165, 1.54) is 31.2 Å². The van der Waals surface area contributed by atoms with E-state index in [2.05, 4.69) is 17.4 Å². The van der Waals surface area contributed by atoms with Crippen molar-refractivity contribution in [1.82, 2.24) is 5.32 Å². The first-order valence-electron chi connectivity index (χ1n) is 7.93. The lowest BCUT2D eigenvalue weighted by molar-refractivity contribution is -0.130. The van der Waals surface area contributed by atoms with Gasteiger partial charge in [0, 0.05) is 11.5 Å². The van der Waals surface area contributed by atoms with Crippen LogP contribution in [0.2, 0.25) is 0 Å². The quantitative estimate of drug-likeness (QED) is 0.822. The highest BCUT2D eigenvalue weighted by molar-refractivity contribution is 5.82. The zero-order chi connectivity index (χ0) is 14.4. The summed E-state index contributed by atoms with van der Waals surface area (Å²) in [4.78, 5) is 12.5. The predicted molar refractivity (Wildman–Crippen MR) is 83.6 cm³/mol. The van der Waals surface area contributed by atoms with E-state index in [1.54, 1.807) is 0 Å². The Morgan fingerprint density at radius 3 is 2.30 bits per heavy atom. The maximum absolute atomic E-state index is 12.5. The van der Waals surface area contributed by atoms with Gasteiger partial charge in [0.1, 0.15) is 0 Å². The largest absolute Gasteiger partial charge is 0.353 e. The Morgan fingerprint density at radius 2 is 1.70 bits per heavy atom. The Hall–Kier alpha value is -1.31. The monoisotopic (exact) mass is 273 g/mol. The first-order valence-corrected chi connectivity index (χ1v) is 7.93. The van der Waals surface area contributed by atoms with Gasteiger partial charge < -0.3 is 5.32 Å². The topological polar surface area (TPSA) is 29.1 Å². The normalized spacial score (nSPS) is 17.5. The summed E-state index contributed by atoms with van der Waals surface area (Å²) in [5, 5.41) is 3.28. The second-order valence-electron chi connectivity index (χ2n) is 6.71. The number of benzene rings is 1. The van der Waals surface area contributed by atoms with Gasteiger partial charge in [0.2, 0.25) is 5.91 Å². The lowest BCUT2D eigenvalue weighted by Crippen LogP contribution is -2.43. The molecule has 1 amide bonds. The SMILES string of the molecule is CC(C)(Cc1ccccc1)C(=O)NC1CCCCCC1. The third-order valence-corrected chi connectivity index (χ3v) is 4.29. The second kappa shape index (κ2) is 6.92. The lowest BCUT2D eigenvalue weighted by atomic mass is 9.84. The third-order valence-electron chi connectivity index (χ3n) is 4.29. The van der Waals surface area contributed by atoms with Gasteiger partial charge in [0.25, 0.3) is 0 Å². The molecule has 2 nitrogen and oxygen atoms in total. The van der Waals surface area contributed by atoms with E-state index in [0.29, 0.717) is 6.04 Å². The molecule has 2 heteroatoms. The van der Waals surface area contributed by atoms with E-state index < -0.39 is 0 Å². The minimum absolute atomic E-state index is 0.202. The summed E-state index contributed by atoms with van der Waals surface area (Å²) in [5.41, 5.74) is 0.890. The molecule has 1 N–H and O–H groups in total. The van der Waals surface area contributed by atoms with Gasteiger partial charge in [0.15, 0.2) is 0 Å². The zero-order valence-electron chi connectivity index (χ0n) is 12.8. The molecular weight excluding hydrogens is 246 g/mol. The van der Waals surface area contributed by atoms with Crippen molar-refractivity contribution in [3.63, 3.8) is 0 Å². The Morgan fingerprint density at radius 1 is 1.10 bits per heavy atom. The van der Waals surface area contributed by atoms with Crippen molar-refractivity contribution in [3.8, 4) is 0 Å². The average Bonchev–Trinajstić information content (AvgIpc) is 2.68. The maximum atomic E-state index is 12.5. The molecule has 20 heavy (non-hydrogen) atoms. The van der Waals surface area contributed by atoms with Crippen LogP contribution in [0.5, 0.6) is 0 Å². The van der Waals surface area contributed by atoms with Crippen molar-refractivity contribution in [2.24, 2.45) is 5.41 Å². The highest BCUT2D eigenvalue weighted by Crippen LogP contribution is 2.24. The first kappa shape index (κ1) is 15.1. The minimum atomic E-state index is -0.340. The second-order valence-corrected chi connectivity index (χ2v) is 6.71. The first-order chi connectivity index (χ1) is 9.58. The summed E-state index contributed by atoms with van der Waals surface area (Å²) in [6.45, 7) is 4.10. The Balaban J connectivity index is 1.92. The molecule has 0 aliphatic heterocycles. The molecule has 2 rings (SSSR count). The van der Waals surface area contributed by atoms with Crippen molar-refractivity contribution >= 4 is 5.91 Å². The van der Waals surface area contributed by atoms with Crippen LogP contribution in [-0.4, -0.2) is 11.9 Å². The number of carbonyl (C=O) groups excluding carboxylic acids is 1. The fraction of sp³-hybridized carbons (Fsp3) is 0.611. The van der Waals surface area contributed by atoms with Crippen molar-refractivity contribution in [2.75, 3.05) is 0 Å². The van der Waals surface area contributed by atoms with Crippen LogP contribution >= 0.6 is 0 Å². The molecule has 0 bridgehead atoms. The van der Waals surface area contributed by atoms with E-state index in [1.807, 2.05) is 32.0 Å². The van der Waals surface area contributed by atoms with Gasteiger partial charge in [-0.3, -0.25) is 4.79 Å². The molecule has 1 aromatic rings. The van der Waals surface area contributed by atoms with Crippen LogP contribution < -0.4 is 5.32 Å². The van der Waals surface area contributed by atoms with Gasteiger partial charge in [0.05, 0.1) is 0 Å². The van der Waals surface area contributed by atoms with Crippen molar-refractivity contribution < 1.29 is 4.79 Å². The molecule has 0 saturated heterocycles. The summed E-state index contributed by atoms with van der Waals surface area (Å²) in [7, 11) is 0. The van der Waals surface area contributed by atoms with Gasteiger partial charge in [-0.25, -0.2) is 0 Å². The summed E-state index contributed by atoms with van der Waals surface area (Å²) < 4.78 is 0. The van der Waals surface area contributed by atoms with E-state index in [4.69, 9.17) is 0 Å². The molecule has 0 heterocycles. The third kappa shape index (κ3) is 4.36. The molecule has 1 aliphatic carbocycles. The predicted octanol–water partition coefficient (Wildman–Crippen LogP) is 4.09. The van der Waals surface area contributed by atoms with Crippen molar-refractivity contribution in [3.05, 3.63) is 35.9 Å². The van der Waals surface area contributed by atoms with Crippen LogP contribution in [0.15, 0.2) is 30.3 Å². The molecule has 110 valence electrons. The minimum Gasteiger partial charge on any atom is -0.353 e. The van der Waals surface area contributed by atoms with E-state index >= 15 is 0 Å². The molecule has 1 aliphatic rings. The van der Waals surface area contributed by atoms with E-state index in [9.17, 15) is 4.79 Å². The molecule has 0 radical (unpaired) electrons. The Kier molecular flexibility index (Phi) is 5.22. The summed E-state index contributed by atoms with van der Waals surface area (Å²) in [5.74, 6) is 0.202. The van der Waals surface area contributed by atoms with Crippen LogP contribution in [-0.2, 0) is 11.2 Å². The number of nitrogens with one attached hydrogen (secondary N) is 1. The van der Waals surface area contributed by atoms with E-state index in [-0.39, 0.29) is 11.3 Å². The molecule has 1 aromatic carbocycles. The Bertz CT molecular complexity index is 416. The molecule has 0 atom stereocenters. The van der Waals surface area contributed by atoms with Crippen molar-refractivity contribution in [2.45, 2.75) is 64.8 Å². The van der Waals surface area contributed by atoms with Crippen LogP contribution in [0.1, 0.15) is 57.9 Å². The molecule has 1 saturated carbocycles. The molecule has 0 spiro atoms. The number of carbonyl (C=O) groups is 1. The number of hydrogen-bond acceptors (Lipinski definition) is 1. The van der Waals surface area contributed by atoms with Gasteiger partial charge >= 0.3 is 0 Å². The zero-order valence-corrected chi connectivity index (χ0v) is 12.8. The van der Waals surface area contributed by atoms with Gasteiger partial charge in [-0.15, -0.1) is 0 Å². The van der Waals surface area contributed by atoms with E-state index in [0.717, 1.165) is 19.3 Å².